The van der Waals surface area contributed by atoms with Crippen LogP contribution in [0.15, 0.2) is 29.4 Å². The van der Waals surface area contributed by atoms with E-state index in [1.165, 1.54) is 12.1 Å². The van der Waals surface area contributed by atoms with Gasteiger partial charge in [0.2, 0.25) is 0 Å². The quantitative estimate of drug-likeness (QED) is 0.753. The molecule has 18 heavy (non-hydrogen) atoms. The number of likely N-dealkylation sites (N-methyl/N-ethyl adjacent to an activating group) is 1. The fraction of sp³-hybridized carbons (Fsp3) is 0.462. The molecule has 0 aliphatic carbocycles. The van der Waals surface area contributed by atoms with Crippen LogP contribution in [0.1, 0.15) is 24.2 Å². The minimum absolute atomic E-state index is 0.125. The number of hydrogen-bond acceptors (Lipinski definition) is 4. The predicted molar refractivity (Wildman–Crippen MR) is 72.0 cm³/mol. The fourth-order valence-corrected chi connectivity index (χ4v) is 1.64. The standard InChI is InChI=1S/C13H19N3O2/c1-3-16(4-2)10-9-14-13(17)11-5-7-12(15-18)8-6-11/h5-8H,3-4,9-10H2,1-2H3,(H,14,17). The van der Waals surface area contributed by atoms with Crippen LogP contribution in [-0.4, -0.2) is 37.0 Å². The Kier molecular flexibility index (Phi) is 6.00. The van der Waals surface area contributed by atoms with E-state index < -0.39 is 0 Å². The van der Waals surface area contributed by atoms with Crippen molar-refractivity contribution in [1.82, 2.24) is 10.2 Å². The van der Waals surface area contributed by atoms with E-state index in [1.54, 1.807) is 12.1 Å². The van der Waals surface area contributed by atoms with Gasteiger partial charge in [-0.3, -0.25) is 4.79 Å². The maximum Gasteiger partial charge on any atom is 0.251 e. The van der Waals surface area contributed by atoms with Crippen LogP contribution in [0.2, 0.25) is 0 Å². The van der Waals surface area contributed by atoms with Gasteiger partial charge in [0, 0.05) is 18.7 Å². The van der Waals surface area contributed by atoms with Crippen LogP contribution in [0.25, 0.3) is 0 Å². The Morgan fingerprint density at radius 2 is 1.83 bits per heavy atom. The Bertz CT molecular complexity index is 386. The number of rotatable bonds is 7. The first-order valence-electron chi connectivity index (χ1n) is 6.15. The molecule has 1 rings (SSSR count). The van der Waals surface area contributed by atoms with Crippen molar-refractivity contribution >= 4 is 11.6 Å². The van der Waals surface area contributed by atoms with Gasteiger partial charge in [0.25, 0.3) is 5.91 Å². The molecule has 0 atom stereocenters. The largest absolute Gasteiger partial charge is 0.351 e. The van der Waals surface area contributed by atoms with E-state index in [0.717, 1.165) is 19.6 Å². The predicted octanol–water partition coefficient (Wildman–Crippen LogP) is 2.16. The van der Waals surface area contributed by atoms with Gasteiger partial charge >= 0.3 is 0 Å². The Balaban J connectivity index is 2.42. The lowest BCUT2D eigenvalue weighted by Crippen LogP contribution is -2.34. The summed E-state index contributed by atoms with van der Waals surface area (Å²) in [7, 11) is 0. The molecule has 0 aliphatic rings. The van der Waals surface area contributed by atoms with Crippen LogP contribution in [0.4, 0.5) is 5.69 Å². The average Bonchev–Trinajstić information content (AvgIpc) is 2.43. The molecule has 0 spiro atoms. The van der Waals surface area contributed by atoms with Crippen molar-refractivity contribution in [2.24, 2.45) is 5.18 Å². The lowest BCUT2D eigenvalue weighted by atomic mass is 10.2. The number of amides is 1. The zero-order valence-electron chi connectivity index (χ0n) is 10.8. The lowest BCUT2D eigenvalue weighted by molar-refractivity contribution is 0.0949. The van der Waals surface area contributed by atoms with Gasteiger partial charge in [-0.05, 0) is 42.5 Å². The number of hydrogen-bond donors (Lipinski definition) is 1. The summed E-state index contributed by atoms with van der Waals surface area (Å²) in [6.45, 7) is 7.60. The van der Waals surface area contributed by atoms with Gasteiger partial charge in [0.1, 0.15) is 5.69 Å². The zero-order chi connectivity index (χ0) is 13.4. The van der Waals surface area contributed by atoms with Gasteiger partial charge in [-0.15, -0.1) is 4.91 Å². The molecule has 1 amide bonds. The van der Waals surface area contributed by atoms with Crippen molar-refractivity contribution in [3.8, 4) is 0 Å². The van der Waals surface area contributed by atoms with Crippen LogP contribution >= 0.6 is 0 Å². The molecule has 0 heterocycles. The Morgan fingerprint density at radius 3 is 2.33 bits per heavy atom. The first kappa shape index (κ1) is 14.3. The highest BCUT2D eigenvalue weighted by Crippen LogP contribution is 2.11. The number of nitrogens with one attached hydrogen (secondary N) is 1. The SMILES string of the molecule is CCN(CC)CCNC(=O)c1ccc(N=O)cc1. The van der Waals surface area contributed by atoms with Crippen molar-refractivity contribution in [3.63, 3.8) is 0 Å². The van der Waals surface area contributed by atoms with Crippen molar-refractivity contribution in [2.75, 3.05) is 26.2 Å². The molecule has 1 aromatic rings. The summed E-state index contributed by atoms with van der Waals surface area (Å²) < 4.78 is 0. The smallest absolute Gasteiger partial charge is 0.251 e. The van der Waals surface area contributed by atoms with Crippen LogP contribution in [0, 0.1) is 4.91 Å². The maximum atomic E-state index is 11.8. The molecule has 0 saturated carbocycles. The van der Waals surface area contributed by atoms with Crippen LogP contribution < -0.4 is 5.32 Å². The summed E-state index contributed by atoms with van der Waals surface area (Å²) >= 11 is 0. The Morgan fingerprint density at radius 1 is 1.22 bits per heavy atom. The zero-order valence-corrected chi connectivity index (χ0v) is 10.8. The van der Waals surface area contributed by atoms with Crippen molar-refractivity contribution in [3.05, 3.63) is 34.7 Å². The lowest BCUT2D eigenvalue weighted by Gasteiger charge is -2.17. The van der Waals surface area contributed by atoms with Gasteiger partial charge in [-0.25, -0.2) is 0 Å². The minimum Gasteiger partial charge on any atom is -0.351 e. The molecule has 0 unspecified atom stereocenters. The van der Waals surface area contributed by atoms with Crippen molar-refractivity contribution in [2.45, 2.75) is 13.8 Å². The van der Waals surface area contributed by atoms with E-state index in [2.05, 4.69) is 29.2 Å². The Labute approximate surface area is 107 Å². The summed E-state index contributed by atoms with van der Waals surface area (Å²) in [6.07, 6.45) is 0. The maximum absolute atomic E-state index is 11.8. The number of carbonyl (C=O) groups excluding carboxylic acids is 1. The number of benzene rings is 1. The van der Waals surface area contributed by atoms with Crippen molar-refractivity contribution < 1.29 is 4.79 Å². The van der Waals surface area contributed by atoms with Gasteiger partial charge in [-0.1, -0.05) is 13.8 Å². The van der Waals surface area contributed by atoms with E-state index in [0.29, 0.717) is 17.8 Å². The highest BCUT2D eigenvalue weighted by Gasteiger charge is 2.05. The fourth-order valence-electron chi connectivity index (χ4n) is 1.64. The molecule has 0 bridgehead atoms. The third kappa shape index (κ3) is 4.25. The molecule has 1 aromatic carbocycles. The van der Waals surface area contributed by atoms with E-state index in [1.807, 2.05) is 0 Å². The third-order valence-electron chi connectivity index (χ3n) is 2.84. The van der Waals surface area contributed by atoms with Crippen LogP contribution in [-0.2, 0) is 0 Å². The average molecular weight is 249 g/mol. The van der Waals surface area contributed by atoms with Crippen LogP contribution in [0.5, 0.6) is 0 Å². The molecular formula is C13H19N3O2. The van der Waals surface area contributed by atoms with Gasteiger partial charge in [0.05, 0.1) is 0 Å². The summed E-state index contributed by atoms with van der Waals surface area (Å²) in [5.74, 6) is -0.125. The minimum atomic E-state index is -0.125. The molecule has 0 radical (unpaired) electrons. The summed E-state index contributed by atoms with van der Waals surface area (Å²) in [6, 6.07) is 6.27. The number of nitroso groups, excluding NO2 is 1. The highest BCUT2D eigenvalue weighted by molar-refractivity contribution is 5.94. The summed E-state index contributed by atoms with van der Waals surface area (Å²) in [5.41, 5.74) is 0.872. The van der Waals surface area contributed by atoms with Gasteiger partial charge < -0.3 is 10.2 Å². The van der Waals surface area contributed by atoms with E-state index in [-0.39, 0.29) is 5.91 Å². The molecule has 0 saturated heterocycles. The molecule has 0 aromatic heterocycles. The van der Waals surface area contributed by atoms with Gasteiger partial charge in [-0.2, -0.15) is 0 Å². The monoisotopic (exact) mass is 249 g/mol. The van der Waals surface area contributed by atoms with Crippen molar-refractivity contribution in [1.29, 1.82) is 0 Å². The highest BCUT2D eigenvalue weighted by atomic mass is 16.3. The second kappa shape index (κ2) is 7.55. The van der Waals surface area contributed by atoms with E-state index in [4.69, 9.17) is 0 Å². The van der Waals surface area contributed by atoms with Crippen LogP contribution in [0.3, 0.4) is 0 Å². The first-order valence-corrected chi connectivity index (χ1v) is 6.15. The summed E-state index contributed by atoms with van der Waals surface area (Å²) in [5, 5.41) is 5.64. The van der Waals surface area contributed by atoms with E-state index >= 15 is 0 Å². The second-order valence-corrected chi connectivity index (χ2v) is 3.92. The first-order chi connectivity index (χ1) is 8.71. The van der Waals surface area contributed by atoms with E-state index in [9.17, 15) is 9.70 Å². The molecular weight excluding hydrogens is 230 g/mol. The molecule has 5 heteroatoms. The molecule has 0 aliphatic heterocycles. The van der Waals surface area contributed by atoms with Gasteiger partial charge in [0.15, 0.2) is 0 Å². The normalized spacial score (nSPS) is 10.4. The number of nitrogens with zero attached hydrogens (tertiary/aromatic N) is 2. The summed E-state index contributed by atoms with van der Waals surface area (Å²) in [4.78, 5) is 24.2. The number of carbonyl (C=O) groups is 1. The molecule has 98 valence electrons. The Hall–Kier alpha value is -1.75. The molecule has 1 N–H and O–H groups in total. The topological polar surface area (TPSA) is 61.8 Å². The second-order valence-electron chi connectivity index (χ2n) is 3.92. The molecule has 0 fully saturated rings. The third-order valence-corrected chi connectivity index (χ3v) is 2.84. The molecule has 5 nitrogen and oxygen atoms in total.